The topological polar surface area (TPSA) is 61.8 Å². The van der Waals surface area contributed by atoms with Crippen LogP contribution in [0.25, 0.3) is 0 Å². The summed E-state index contributed by atoms with van der Waals surface area (Å²) in [4.78, 5) is 2.40. The van der Waals surface area contributed by atoms with Crippen LogP contribution in [0.1, 0.15) is 23.1 Å². The third-order valence-electron chi connectivity index (χ3n) is 3.03. The maximum atomic E-state index is 8.63. The van der Waals surface area contributed by atoms with E-state index in [1.165, 1.54) is 25.1 Å². The van der Waals surface area contributed by atoms with Gasteiger partial charge in [0.15, 0.2) is 5.84 Å². The van der Waals surface area contributed by atoms with E-state index in [2.05, 4.69) is 16.1 Å². The first-order chi connectivity index (χ1) is 7.70. The van der Waals surface area contributed by atoms with Gasteiger partial charge in [-0.2, -0.15) is 0 Å². The molecule has 1 aliphatic heterocycles. The molecule has 1 aliphatic rings. The number of hydrogen-bond acceptors (Lipinski definition) is 3. The summed E-state index contributed by atoms with van der Waals surface area (Å²) < 4.78 is 0. The van der Waals surface area contributed by atoms with Crippen LogP contribution in [0.2, 0.25) is 0 Å². The standard InChI is InChI=1S/C12H17N3O/c1-9-7-10(8-15-5-2-6-15)3-4-11(9)12(13)14-16/h3-4,7,16H,2,5-6,8H2,1H3,(H2,13,14). The second-order valence-corrected chi connectivity index (χ2v) is 4.26. The van der Waals surface area contributed by atoms with Crippen LogP contribution >= 0.6 is 0 Å². The van der Waals surface area contributed by atoms with Gasteiger partial charge in [-0.05, 0) is 37.6 Å². The fraction of sp³-hybridized carbons (Fsp3) is 0.417. The lowest BCUT2D eigenvalue weighted by Crippen LogP contribution is -2.36. The van der Waals surface area contributed by atoms with Crippen molar-refractivity contribution in [3.63, 3.8) is 0 Å². The summed E-state index contributed by atoms with van der Waals surface area (Å²) in [7, 11) is 0. The van der Waals surface area contributed by atoms with Crippen LogP contribution in [-0.2, 0) is 6.54 Å². The van der Waals surface area contributed by atoms with E-state index in [0.29, 0.717) is 0 Å². The van der Waals surface area contributed by atoms with Gasteiger partial charge in [-0.3, -0.25) is 4.90 Å². The summed E-state index contributed by atoms with van der Waals surface area (Å²) >= 11 is 0. The number of amidine groups is 1. The van der Waals surface area contributed by atoms with Crippen LogP contribution in [0.3, 0.4) is 0 Å². The Hall–Kier alpha value is -1.55. The lowest BCUT2D eigenvalue weighted by molar-refractivity contribution is 0.172. The Kier molecular flexibility index (Phi) is 3.10. The average molecular weight is 219 g/mol. The number of nitrogens with zero attached hydrogens (tertiary/aromatic N) is 2. The van der Waals surface area contributed by atoms with Gasteiger partial charge >= 0.3 is 0 Å². The molecule has 0 amide bonds. The number of benzene rings is 1. The monoisotopic (exact) mass is 219 g/mol. The predicted octanol–water partition coefficient (Wildman–Crippen LogP) is 1.30. The van der Waals surface area contributed by atoms with Crippen molar-refractivity contribution in [2.75, 3.05) is 13.1 Å². The van der Waals surface area contributed by atoms with E-state index in [1.807, 2.05) is 19.1 Å². The van der Waals surface area contributed by atoms with Crippen molar-refractivity contribution >= 4 is 5.84 Å². The number of rotatable bonds is 3. The van der Waals surface area contributed by atoms with E-state index in [9.17, 15) is 0 Å². The Morgan fingerprint density at radius 3 is 2.75 bits per heavy atom. The maximum absolute atomic E-state index is 8.63. The number of oxime groups is 1. The highest BCUT2D eigenvalue weighted by Crippen LogP contribution is 2.16. The number of hydrogen-bond donors (Lipinski definition) is 2. The Labute approximate surface area is 95.4 Å². The van der Waals surface area contributed by atoms with E-state index in [4.69, 9.17) is 10.9 Å². The van der Waals surface area contributed by atoms with Crippen molar-refractivity contribution in [2.45, 2.75) is 19.9 Å². The van der Waals surface area contributed by atoms with E-state index >= 15 is 0 Å². The van der Waals surface area contributed by atoms with Crippen LogP contribution in [0, 0.1) is 6.92 Å². The molecule has 0 aliphatic carbocycles. The second kappa shape index (κ2) is 4.53. The molecule has 2 rings (SSSR count). The molecule has 1 saturated heterocycles. The zero-order chi connectivity index (χ0) is 11.5. The summed E-state index contributed by atoms with van der Waals surface area (Å²) in [6, 6.07) is 6.06. The first-order valence-corrected chi connectivity index (χ1v) is 5.50. The maximum Gasteiger partial charge on any atom is 0.170 e. The summed E-state index contributed by atoms with van der Waals surface area (Å²) in [5, 5.41) is 11.7. The van der Waals surface area contributed by atoms with E-state index < -0.39 is 0 Å². The molecule has 0 radical (unpaired) electrons. The Morgan fingerprint density at radius 2 is 2.25 bits per heavy atom. The summed E-state index contributed by atoms with van der Waals surface area (Å²) in [6.07, 6.45) is 1.31. The fourth-order valence-electron chi connectivity index (χ4n) is 1.96. The summed E-state index contributed by atoms with van der Waals surface area (Å²) in [6.45, 7) is 5.37. The molecule has 1 aromatic carbocycles. The molecular formula is C12H17N3O. The Morgan fingerprint density at radius 1 is 1.50 bits per heavy atom. The van der Waals surface area contributed by atoms with Crippen LogP contribution < -0.4 is 5.73 Å². The molecule has 0 atom stereocenters. The smallest absolute Gasteiger partial charge is 0.170 e. The third-order valence-corrected chi connectivity index (χ3v) is 3.03. The molecule has 1 heterocycles. The first-order valence-electron chi connectivity index (χ1n) is 5.50. The predicted molar refractivity (Wildman–Crippen MR) is 63.6 cm³/mol. The van der Waals surface area contributed by atoms with Gasteiger partial charge in [-0.15, -0.1) is 0 Å². The van der Waals surface area contributed by atoms with Gasteiger partial charge < -0.3 is 10.9 Å². The fourth-order valence-corrected chi connectivity index (χ4v) is 1.96. The minimum Gasteiger partial charge on any atom is -0.409 e. The van der Waals surface area contributed by atoms with Gasteiger partial charge in [0.2, 0.25) is 0 Å². The number of likely N-dealkylation sites (tertiary alicyclic amines) is 1. The van der Waals surface area contributed by atoms with Crippen molar-refractivity contribution in [1.29, 1.82) is 0 Å². The van der Waals surface area contributed by atoms with Crippen LogP contribution in [0.4, 0.5) is 0 Å². The van der Waals surface area contributed by atoms with E-state index in [1.54, 1.807) is 0 Å². The Balaban J connectivity index is 2.15. The largest absolute Gasteiger partial charge is 0.409 e. The molecule has 4 nitrogen and oxygen atoms in total. The summed E-state index contributed by atoms with van der Waals surface area (Å²) in [5.41, 5.74) is 8.71. The molecule has 0 spiro atoms. The lowest BCUT2D eigenvalue weighted by Gasteiger charge is -2.30. The van der Waals surface area contributed by atoms with E-state index in [-0.39, 0.29) is 5.84 Å². The molecule has 4 heteroatoms. The highest BCUT2D eigenvalue weighted by Gasteiger charge is 2.14. The molecule has 1 fully saturated rings. The van der Waals surface area contributed by atoms with Gasteiger partial charge in [0.05, 0.1) is 0 Å². The van der Waals surface area contributed by atoms with Crippen molar-refractivity contribution in [2.24, 2.45) is 10.9 Å². The van der Waals surface area contributed by atoms with Crippen molar-refractivity contribution in [3.8, 4) is 0 Å². The van der Waals surface area contributed by atoms with Gasteiger partial charge in [0.1, 0.15) is 0 Å². The first kappa shape index (κ1) is 11.0. The molecule has 16 heavy (non-hydrogen) atoms. The molecule has 1 aromatic rings. The van der Waals surface area contributed by atoms with Gasteiger partial charge in [0.25, 0.3) is 0 Å². The van der Waals surface area contributed by atoms with Crippen molar-refractivity contribution in [3.05, 3.63) is 34.9 Å². The molecule has 0 aromatic heterocycles. The molecule has 0 unspecified atom stereocenters. The average Bonchev–Trinajstić information content (AvgIpc) is 2.23. The van der Waals surface area contributed by atoms with Gasteiger partial charge in [-0.25, -0.2) is 0 Å². The lowest BCUT2D eigenvalue weighted by atomic mass is 10.0. The zero-order valence-corrected chi connectivity index (χ0v) is 9.48. The normalized spacial score (nSPS) is 17.2. The highest BCUT2D eigenvalue weighted by atomic mass is 16.4. The van der Waals surface area contributed by atoms with Crippen LogP contribution in [0.15, 0.2) is 23.4 Å². The number of aryl methyl sites for hydroxylation is 1. The quantitative estimate of drug-likeness (QED) is 0.348. The minimum absolute atomic E-state index is 0.174. The highest BCUT2D eigenvalue weighted by molar-refractivity contribution is 5.98. The molecular weight excluding hydrogens is 202 g/mol. The third kappa shape index (κ3) is 2.17. The van der Waals surface area contributed by atoms with Gasteiger partial charge in [-0.1, -0.05) is 23.4 Å². The minimum atomic E-state index is 0.174. The Bertz CT molecular complexity index is 411. The van der Waals surface area contributed by atoms with Crippen molar-refractivity contribution in [1.82, 2.24) is 4.90 Å². The molecule has 0 bridgehead atoms. The number of nitrogens with two attached hydrogens (primary N) is 1. The van der Waals surface area contributed by atoms with Crippen LogP contribution in [-0.4, -0.2) is 29.0 Å². The SMILES string of the molecule is Cc1cc(CN2CCC2)ccc1/C(N)=N/O. The second-order valence-electron chi connectivity index (χ2n) is 4.26. The molecule has 0 saturated carbocycles. The summed E-state index contributed by atoms with van der Waals surface area (Å²) in [5.74, 6) is 0.174. The van der Waals surface area contributed by atoms with E-state index in [0.717, 1.165) is 17.7 Å². The van der Waals surface area contributed by atoms with Crippen molar-refractivity contribution < 1.29 is 5.21 Å². The van der Waals surface area contributed by atoms with Crippen LogP contribution in [0.5, 0.6) is 0 Å². The zero-order valence-electron chi connectivity index (χ0n) is 9.48. The molecule has 86 valence electrons. The molecule has 3 N–H and O–H groups in total. The van der Waals surface area contributed by atoms with Gasteiger partial charge in [0, 0.05) is 12.1 Å².